The number of para-hydroxylation sites is 2. The van der Waals surface area contributed by atoms with Crippen molar-refractivity contribution in [3.05, 3.63) is 187 Å². The Hall–Kier alpha value is -5.44. The molecule has 2 unspecified atom stereocenters. The lowest BCUT2D eigenvalue weighted by atomic mass is 9.81. The number of hydrogen-bond donors (Lipinski definition) is 0. The molecule has 1 heterocycles. The predicted molar refractivity (Wildman–Crippen MR) is 234 cm³/mol. The zero-order valence-corrected chi connectivity index (χ0v) is 32.6. The van der Waals surface area contributed by atoms with Crippen molar-refractivity contribution in [1.82, 2.24) is 4.57 Å². The number of fused-ring (bicyclic) bond motifs is 6. The second-order valence-corrected chi connectivity index (χ2v) is 20.5. The van der Waals surface area contributed by atoms with Gasteiger partial charge in [0.05, 0.1) is 11.0 Å². The lowest BCUT2D eigenvalue weighted by Gasteiger charge is -2.42. The number of rotatable bonds is 6. The van der Waals surface area contributed by atoms with E-state index < -0.39 is 8.07 Å². The third kappa shape index (κ3) is 4.96. The van der Waals surface area contributed by atoms with Gasteiger partial charge >= 0.3 is 0 Å². The van der Waals surface area contributed by atoms with Gasteiger partial charge in [-0.1, -0.05) is 172 Å². The number of allylic oxidation sites excluding steroid dienone is 6. The third-order valence-electron chi connectivity index (χ3n) is 13.0. The van der Waals surface area contributed by atoms with Crippen LogP contribution in [0.5, 0.6) is 0 Å². The number of benzene rings is 6. The number of nitrogens with zero attached hydrogens (tertiary/aromatic N) is 1. The molecule has 0 N–H and O–H groups in total. The van der Waals surface area contributed by atoms with Crippen LogP contribution in [0.1, 0.15) is 63.1 Å². The SMILES string of the molecule is CC1C=C(n2c3ccccc3c3cccc([Si](c4ccccc4)(c4ccccc4)C4C=C(c5ccc6c(c5)C(C)(C)c5ccccc5-6)CCC4)c32)C=CC1. The molecule has 1 nitrogen and oxygen atoms in total. The van der Waals surface area contributed by atoms with Crippen LogP contribution in [0.25, 0.3) is 44.2 Å². The van der Waals surface area contributed by atoms with E-state index in [9.17, 15) is 0 Å². The summed E-state index contributed by atoms with van der Waals surface area (Å²) in [5.41, 5.74) is 12.9. The predicted octanol–water partition coefficient (Wildman–Crippen LogP) is 11.6. The van der Waals surface area contributed by atoms with Crippen LogP contribution in [-0.2, 0) is 5.41 Å². The lowest BCUT2D eigenvalue weighted by Crippen LogP contribution is -2.70. The minimum Gasteiger partial charge on any atom is -0.310 e. The highest BCUT2D eigenvalue weighted by atomic mass is 28.3. The van der Waals surface area contributed by atoms with Gasteiger partial charge in [-0.2, -0.15) is 0 Å². The van der Waals surface area contributed by atoms with E-state index in [-0.39, 0.29) is 5.41 Å². The van der Waals surface area contributed by atoms with E-state index in [2.05, 4.69) is 195 Å². The fourth-order valence-electron chi connectivity index (χ4n) is 10.5. The fourth-order valence-corrected chi connectivity index (χ4v) is 16.2. The molecule has 0 spiro atoms. The van der Waals surface area contributed by atoms with E-state index in [4.69, 9.17) is 0 Å². The van der Waals surface area contributed by atoms with Crippen LogP contribution in [0, 0.1) is 5.92 Å². The summed E-state index contributed by atoms with van der Waals surface area (Å²) in [5.74, 6) is 0.493. The molecule has 7 aromatic rings. The summed E-state index contributed by atoms with van der Waals surface area (Å²) in [6.45, 7) is 7.15. The van der Waals surface area contributed by atoms with E-state index in [1.807, 2.05) is 0 Å². The lowest BCUT2D eigenvalue weighted by molar-refractivity contribution is 0.660. The summed E-state index contributed by atoms with van der Waals surface area (Å²) in [5, 5.41) is 7.15. The minimum absolute atomic E-state index is 0.0219. The second kappa shape index (κ2) is 12.9. The third-order valence-corrected chi connectivity index (χ3v) is 18.3. The molecule has 0 bridgehead atoms. The standard InChI is InChI=1S/C52H47NSi/c1-36-17-14-19-39(33-36)53-49-29-13-11-26-45(49)46-27-16-30-50(51(46)53)54(40-20-6-4-7-21-40,41-22-8-5-9-23-41)42-24-15-18-37(34-42)38-31-32-44-43-25-10-12-28-47(43)52(2,3)48(44)35-38/h4-14,16,19-23,25-36,42H,15,17-18,24H2,1-3H3. The molecule has 3 aliphatic carbocycles. The molecule has 0 radical (unpaired) electrons. The van der Waals surface area contributed by atoms with E-state index in [0.29, 0.717) is 11.5 Å². The Morgan fingerprint density at radius 2 is 1.33 bits per heavy atom. The van der Waals surface area contributed by atoms with Crippen molar-refractivity contribution in [2.75, 3.05) is 0 Å². The molecule has 0 aliphatic heterocycles. The van der Waals surface area contributed by atoms with Gasteiger partial charge in [-0.05, 0) is 104 Å². The zero-order chi connectivity index (χ0) is 36.4. The maximum atomic E-state index is 2.75. The Labute approximate surface area is 321 Å². The zero-order valence-electron chi connectivity index (χ0n) is 31.6. The van der Waals surface area contributed by atoms with Crippen LogP contribution < -0.4 is 15.6 Å². The Morgan fingerprint density at radius 3 is 2.11 bits per heavy atom. The van der Waals surface area contributed by atoms with Gasteiger partial charge in [-0.3, -0.25) is 0 Å². The number of hydrogen-bond acceptors (Lipinski definition) is 0. The Bertz CT molecular complexity index is 2610. The first-order chi connectivity index (χ1) is 26.5. The van der Waals surface area contributed by atoms with Gasteiger partial charge in [0, 0.05) is 21.9 Å². The van der Waals surface area contributed by atoms with Crippen LogP contribution in [0.3, 0.4) is 0 Å². The van der Waals surface area contributed by atoms with Gasteiger partial charge in [-0.15, -0.1) is 0 Å². The molecule has 0 saturated heterocycles. The van der Waals surface area contributed by atoms with Crippen LogP contribution in [0.15, 0.2) is 170 Å². The summed E-state index contributed by atoms with van der Waals surface area (Å²) < 4.78 is 2.62. The molecular weight excluding hydrogens is 667 g/mol. The summed E-state index contributed by atoms with van der Waals surface area (Å²) in [7, 11) is -2.79. The maximum Gasteiger partial charge on any atom is 0.157 e. The van der Waals surface area contributed by atoms with Gasteiger partial charge < -0.3 is 4.57 Å². The van der Waals surface area contributed by atoms with Gasteiger partial charge in [0.1, 0.15) is 0 Å². The second-order valence-electron chi connectivity index (χ2n) is 16.4. The highest BCUT2D eigenvalue weighted by Crippen LogP contribution is 2.50. The highest BCUT2D eigenvalue weighted by molar-refractivity contribution is 7.13. The maximum absolute atomic E-state index is 2.79. The van der Waals surface area contributed by atoms with Crippen LogP contribution >= 0.6 is 0 Å². The van der Waals surface area contributed by atoms with E-state index in [1.165, 1.54) is 82.9 Å². The van der Waals surface area contributed by atoms with Gasteiger partial charge in [0.25, 0.3) is 0 Å². The first-order valence-electron chi connectivity index (χ1n) is 19.9. The van der Waals surface area contributed by atoms with Crippen molar-refractivity contribution in [2.24, 2.45) is 5.92 Å². The van der Waals surface area contributed by atoms with E-state index >= 15 is 0 Å². The van der Waals surface area contributed by atoms with Crippen LogP contribution in [0.2, 0.25) is 5.54 Å². The molecule has 3 aliphatic rings. The fraction of sp³-hybridized carbons (Fsp3) is 0.192. The topological polar surface area (TPSA) is 4.93 Å². The molecule has 6 aromatic carbocycles. The number of aromatic nitrogens is 1. The Morgan fingerprint density at radius 1 is 0.648 bits per heavy atom. The minimum atomic E-state index is -2.79. The summed E-state index contributed by atoms with van der Waals surface area (Å²) in [4.78, 5) is 0. The quantitative estimate of drug-likeness (QED) is 0.119. The van der Waals surface area contributed by atoms with Gasteiger partial charge in [-0.25, -0.2) is 0 Å². The van der Waals surface area contributed by atoms with Crippen molar-refractivity contribution < 1.29 is 0 Å². The van der Waals surface area contributed by atoms with Crippen molar-refractivity contribution in [1.29, 1.82) is 0 Å². The van der Waals surface area contributed by atoms with Crippen molar-refractivity contribution in [2.45, 2.75) is 57.4 Å². The summed E-state index contributed by atoms with van der Waals surface area (Å²) in [6, 6.07) is 56.0. The normalized spacial score (nSPS) is 19.0. The van der Waals surface area contributed by atoms with Gasteiger partial charge in [0.15, 0.2) is 8.07 Å². The van der Waals surface area contributed by atoms with Crippen molar-refractivity contribution in [3.63, 3.8) is 0 Å². The summed E-state index contributed by atoms with van der Waals surface area (Å²) >= 11 is 0. The molecule has 2 heteroatoms. The molecule has 264 valence electrons. The Kier molecular flexibility index (Phi) is 7.89. The molecule has 54 heavy (non-hydrogen) atoms. The Balaban J connectivity index is 1.26. The highest BCUT2D eigenvalue weighted by Gasteiger charge is 2.48. The monoisotopic (exact) mass is 713 g/mol. The molecule has 0 fully saturated rings. The molecule has 1 aromatic heterocycles. The summed E-state index contributed by atoms with van der Waals surface area (Å²) in [6.07, 6.45) is 14.5. The van der Waals surface area contributed by atoms with Crippen LogP contribution in [0.4, 0.5) is 0 Å². The van der Waals surface area contributed by atoms with Crippen molar-refractivity contribution in [3.8, 4) is 11.1 Å². The first-order valence-corrected chi connectivity index (χ1v) is 22.0. The average Bonchev–Trinajstić information content (AvgIpc) is 3.68. The average molecular weight is 714 g/mol. The van der Waals surface area contributed by atoms with Crippen LogP contribution in [-0.4, -0.2) is 12.6 Å². The smallest absolute Gasteiger partial charge is 0.157 e. The van der Waals surface area contributed by atoms with Crippen molar-refractivity contribution >= 4 is 56.7 Å². The molecular formula is C52H47NSi. The first kappa shape index (κ1) is 33.1. The largest absolute Gasteiger partial charge is 0.310 e. The molecule has 0 saturated carbocycles. The van der Waals surface area contributed by atoms with E-state index in [0.717, 1.165) is 19.3 Å². The molecule has 10 rings (SSSR count). The van der Waals surface area contributed by atoms with E-state index in [1.54, 1.807) is 0 Å². The van der Waals surface area contributed by atoms with Gasteiger partial charge in [0.2, 0.25) is 0 Å². The molecule has 2 atom stereocenters. The molecule has 0 amide bonds.